The van der Waals surface area contributed by atoms with E-state index in [2.05, 4.69) is 32.7 Å². The van der Waals surface area contributed by atoms with Gasteiger partial charge in [0.1, 0.15) is 0 Å². The van der Waals surface area contributed by atoms with Crippen LogP contribution in [0.1, 0.15) is 5.56 Å². The predicted octanol–water partition coefficient (Wildman–Crippen LogP) is 3.59. The highest BCUT2D eigenvalue weighted by molar-refractivity contribution is 14.1. The summed E-state index contributed by atoms with van der Waals surface area (Å²) in [4.78, 5) is 4.68. The molecule has 4 aromatic rings. The number of aryl methyl sites for hydroxylation is 2. The van der Waals surface area contributed by atoms with Crippen LogP contribution in [0.2, 0.25) is 0 Å². The second-order valence-corrected chi connectivity index (χ2v) is 9.07. The van der Waals surface area contributed by atoms with Crippen molar-refractivity contribution in [2.75, 3.05) is 0 Å². The molecule has 4 rings (SSSR count). The molecule has 0 N–H and O–H groups in total. The van der Waals surface area contributed by atoms with Crippen LogP contribution in [-0.4, -0.2) is 27.2 Å². The van der Waals surface area contributed by atoms with Crippen LogP contribution >= 0.6 is 22.6 Å². The summed E-state index contributed by atoms with van der Waals surface area (Å²) >= 11 is 2.14. The second kappa shape index (κ2) is 6.20. The number of nitrogens with zero attached hydrogens (tertiary/aromatic N) is 4. The van der Waals surface area contributed by atoms with Crippen LogP contribution in [0.3, 0.4) is 0 Å². The van der Waals surface area contributed by atoms with Gasteiger partial charge in [0.25, 0.3) is 10.0 Å². The molecule has 0 bridgehead atoms. The molecule has 0 saturated heterocycles. The minimum atomic E-state index is -3.70. The third kappa shape index (κ3) is 2.82. The van der Waals surface area contributed by atoms with E-state index in [0.29, 0.717) is 5.65 Å². The van der Waals surface area contributed by atoms with E-state index in [-0.39, 0.29) is 4.90 Å². The fourth-order valence-corrected chi connectivity index (χ4v) is 4.97. The van der Waals surface area contributed by atoms with Crippen LogP contribution in [0, 0.1) is 10.5 Å². The number of pyridine rings is 1. The molecule has 0 aliphatic carbocycles. The predicted molar refractivity (Wildman–Crippen MR) is 108 cm³/mol. The highest BCUT2D eigenvalue weighted by atomic mass is 127. The van der Waals surface area contributed by atoms with Crippen molar-refractivity contribution in [2.24, 2.45) is 7.05 Å². The standard InChI is InChI=1S/C18H15IN4O2S/c1-12-3-5-15(6-4-12)26(24,25)23-11-17(19)16-7-13(8-20-18(16)23)14-9-21-22(2)10-14/h3-11H,1-2H3. The summed E-state index contributed by atoms with van der Waals surface area (Å²) in [6, 6.07) is 8.76. The van der Waals surface area contributed by atoms with Crippen LogP contribution in [0.5, 0.6) is 0 Å². The zero-order valence-corrected chi connectivity index (χ0v) is 17.1. The topological polar surface area (TPSA) is 69.8 Å². The lowest BCUT2D eigenvalue weighted by atomic mass is 10.1. The fraction of sp³-hybridized carbons (Fsp3) is 0.111. The highest BCUT2D eigenvalue weighted by Gasteiger charge is 2.22. The Labute approximate surface area is 164 Å². The number of hydrogen-bond acceptors (Lipinski definition) is 4. The number of hydrogen-bond donors (Lipinski definition) is 0. The Balaban J connectivity index is 1.88. The van der Waals surface area contributed by atoms with E-state index in [1.165, 1.54) is 3.97 Å². The zero-order valence-electron chi connectivity index (χ0n) is 14.1. The molecule has 0 spiro atoms. The second-order valence-electron chi connectivity index (χ2n) is 6.09. The van der Waals surface area contributed by atoms with Gasteiger partial charge in [-0.15, -0.1) is 0 Å². The summed E-state index contributed by atoms with van der Waals surface area (Å²) in [5.74, 6) is 0. The molecule has 3 aromatic heterocycles. The molecule has 0 unspecified atom stereocenters. The van der Waals surface area contributed by atoms with E-state index in [4.69, 9.17) is 0 Å². The first-order valence-corrected chi connectivity index (χ1v) is 10.4. The molecule has 8 heteroatoms. The van der Waals surface area contributed by atoms with Gasteiger partial charge in [-0.2, -0.15) is 5.10 Å². The van der Waals surface area contributed by atoms with Gasteiger partial charge in [0.15, 0.2) is 5.65 Å². The lowest BCUT2D eigenvalue weighted by molar-refractivity contribution is 0.588. The van der Waals surface area contributed by atoms with Crippen molar-refractivity contribution in [3.63, 3.8) is 0 Å². The van der Waals surface area contributed by atoms with Gasteiger partial charge in [0, 0.05) is 45.7 Å². The smallest absolute Gasteiger partial charge is 0.269 e. The van der Waals surface area contributed by atoms with Crippen molar-refractivity contribution in [1.29, 1.82) is 0 Å². The molecule has 6 nitrogen and oxygen atoms in total. The minimum Gasteiger partial charge on any atom is -0.275 e. The van der Waals surface area contributed by atoms with Crippen molar-refractivity contribution in [1.82, 2.24) is 18.7 Å². The number of benzene rings is 1. The first kappa shape index (κ1) is 17.2. The van der Waals surface area contributed by atoms with Gasteiger partial charge in [0.05, 0.1) is 11.1 Å². The largest absolute Gasteiger partial charge is 0.275 e. The maximum atomic E-state index is 13.0. The highest BCUT2D eigenvalue weighted by Crippen LogP contribution is 2.29. The maximum Gasteiger partial charge on any atom is 0.269 e. The number of aromatic nitrogens is 4. The average Bonchev–Trinajstić information content (AvgIpc) is 3.19. The van der Waals surface area contributed by atoms with Crippen LogP contribution in [0.25, 0.3) is 22.2 Å². The molecule has 132 valence electrons. The van der Waals surface area contributed by atoms with Crippen molar-refractivity contribution in [3.05, 3.63) is 64.3 Å². The number of rotatable bonds is 3. The van der Waals surface area contributed by atoms with E-state index >= 15 is 0 Å². The molecule has 0 atom stereocenters. The Morgan fingerprint density at radius 3 is 2.42 bits per heavy atom. The van der Waals surface area contributed by atoms with Gasteiger partial charge in [-0.3, -0.25) is 4.68 Å². The van der Waals surface area contributed by atoms with Crippen molar-refractivity contribution in [2.45, 2.75) is 11.8 Å². The molecule has 26 heavy (non-hydrogen) atoms. The van der Waals surface area contributed by atoms with Crippen molar-refractivity contribution >= 4 is 43.6 Å². The minimum absolute atomic E-state index is 0.245. The van der Waals surface area contributed by atoms with E-state index in [1.54, 1.807) is 47.5 Å². The maximum absolute atomic E-state index is 13.0. The van der Waals surface area contributed by atoms with Crippen molar-refractivity contribution in [3.8, 4) is 11.1 Å². The van der Waals surface area contributed by atoms with Gasteiger partial charge < -0.3 is 0 Å². The Morgan fingerprint density at radius 2 is 1.77 bits per heavy atom. The summed E-state index contributed by atoms with van der Waals surface area (Å²) < 4.78 is 29.9. The lowest BCUT2D eigenvalue weighted by Crippen LogP contribution is -2.12. The monoisotopic (exact) mass is 478 g/mol. The van der Waals surface area contributed by atoms with Gasteiger partial charge in [-0.05, 0) is 47.7 Å². The first-order valence-electron chi connectivity index (χ1n) is 7.84. The van der Waals surface area contributed by atoms with E-state index in [9.17, 15) is 8.42 Å². The fourth-order valence-electron chi connectivity index (χ4n) is 2.78. The molecule has 3 heterocycles. The molecule has 0 aliphatic rings. The van der Waals surface area contributed by atoms with E-state index < -0.39 is 10.0 Å². The molecule has 0 radical (unpaired) electrons. The van der Waals surface area contributed by atoms with Gasteiger partial charge in [-0.25, -0.2) is 17.4 Å². The number of fused-ring (bicyclic) bond motifs is 1. The molecule has 0 fully saturated rings. The number of halogens is 1. The quantitative estimate of drug-likeness (QED) is 0.422. The third-order valence-corrected chi connectivity index (χ3v) is 6.70. The molecule has 1 aromatic carbocycles. The Kier molecular flexibility index (Phi) is 4.11. The SMILES string of the molecule is Cc1ccc(S(=O)(=O)n2cc(I)c3cc(-c4cnn(C)c4)cnc32)cc1. The molecular formula is C18H15IN4O2S. The van der Waals surface area contributed by atoms with Crippen LogP contribution in [-0.2, 0) is 17.1 Å². The van der Waals surface area contributed by atoms with Gasteiger partial charge in [0.2, 0.25) is 0 Å². The molecule has 0 aliphatic heterocycles. The van der Waals surface area contributed by atoms with Crippen LogP contribution in [0.4, 0.5) is 0 Å². The first-order chi connectivity index (χ1) is 12.4. The molecule has 0 saturated carbocycles. The van der Waals surface area contributed by atoms with Crippen LogP contribution in [0.15, 0.2) is 60.0 Å². The summed E-state index contributed by atoms with van der Waals surface area (Å²) in [7, 11) is -1.85. The third-order valence-electron chi connectivity index (χ3n) is 4.18. The lowest BCUT2D eigenvalue weighted by Gasteiger charge is -2.07. The van der Waals surface area contributed by atoms with Crippen LogP contribution < -0.4 is 0 Å². The molecule has 0 amide bonds. The Hall–Kier alpha value is -2.20. The Morgan fingerprint density at radius 1 is 1.04 bits per heavy atom. The van der Waals surface area contributed by atoms with E-state index in [0.717, 1.165) is 25.6 Å². The normalized spacial score (nSPS) is 12.0. The average molecular weight is 478 g/mol. The molecular weight excluding hydrogens is 463 g/mol. The summed E-state index contributed by atoms with van der Waals surface area (Å²) in [6.07, 6.45) is 6.95. The van der Waals surface area contributed by atoms with E-state index in [1.807, 2.05) is 26.2 Å². The zero-order chi connectivity index (χ0) is 18.5. The summed E-state index contributed by atoms with van der Waals surface area (Å²) in [5, 5.41) is 4.97. The van der Waals surface area contributed by atoms with Gasteiger partial charge in [-0.1, -0.05) is 17.7 Å². The Bertz CT molecular complexity index is 1220. The van der Waals surface area contributed by atoms with Gasteiger partial charge >= 0.3 is 0 Å². The van der Waals surface area contributed by atoms with Crippen molar-refractivity contribution < 1.29 is 8.42 Å². The summed E-state index contributed by atoms with van der Waals surface area (Å²) in [5.41, 5.74) is 3.26. The summed E-state index contributed by atoms with van der Waals surface area (Å²) in [6.45, 7) is 1.92.